The summed E-state index contributed by atoms with van der Waals surface area (Å²) in [6, 6.07) is 1.99. The van der Waals surface area contributed by atoms with E-state index in [0.29, 0.717) is 20.3 Å². The van der Waals surface area contributed by atoms with Gasteiger partial charge in [0.25, 0.3) is 0 Å². The minimum Gasteiger partial charge on any atom is -0.383 e. The number of anilines is 1. The zero-order valence-corrected chi connectivity index (χ0v) is 8.48. The lowest BCUT2D eigenvalue weighted by molar-refractivity contribution is 1.28. The van der Waals surface area contributed by atoms with Crippen molar-refractivity contribution in [1.82, 2.24) is 4.98 Å². The minimum absolute atomic E-state index is 0.324. The molecule has 56 valence electrons. The van der Waals surface area contributed by atoms with Gasteiger partial charge in [-0.05, 0) is 31.9 Å². The third kappa shape index (κ3) is 1.52. The van der Waals surface area contributed by atoms with Crippen LogP contribution in [0.25, 0.3) is 0 Å². The Bertz CT molecular complexity index is 329. The van der Waals surface area contributed by atoms with Crippen molar-refractivity contribution in [2.45, 2.75) is 0 Å². The second-order valence-electron chi connectivity index (χ2n) is 1.79. The van der Waals surface area contributed by atoms with Crippen LogP contribution in [0.5, 0.6) is 0 Å². The zero-order valence-electron chi connectivity index (χ0n) is 5.31. The standard InChI is InChI=1S/C6H3Br2N3/c7-4-2-11-6(10)5(8)3(4)1-9/h2H,(H2,10,11). The average molecular weight is 277 g/mol. The van der Waals surface area contributed by atoms with Crippen LogP contribution in [0.4, 0.5) is 5.82 Å². The topological polar surface area (TPSA) is 62.7 Å². The summed E-state index contributed by atoms with van der Waals surface area (Å²) < 4.78 is 1.18. The highest BCUT2D eigenvalue weighted by Crippen LogP contribution is 2.27. The van der Waals surface area contributed by atoms with Crippen LogP contribution in [0.2, 0.25) is 0 Å². The van der Waals surface area contributed by atoms with E-state index in [-0.39, 0.29) is 0 Å². The summed E-state index contributed by atoms with van der Waals surface area (Å²) in [5.74, 6) is 0.324. The number of nitrogens with zero attached hydrogens (tertiary/aromatic N) is 2. The van der Waals surface area contributed by atoms with Crippen molar-refractivity contribution >= 4 is 37.7 Å². The first-order valence-corrected chi connectivity index (χ1v) is 4.25. The first kappa shape index (κ1) is 8.50. The highest BCUT2D eigenvalue weighted by Gasteiger charge is 2.07. The second kappa shape index (κ2) is 3.20. The molecule has 11 heavy (non-hydrogen) atoms. The molecule has 0 saturated carbocycles. The predicted octanol–water partition coefficient (Wildman–Crippen LogP) is 2.06. The van der Waals surface area contributed by atoms with E-state index in [1.165, 1.54) is 6.20 Å². The lowest BCUT2D eigenvalue weighted by atomic mass is 10.3. The maximum Gasteiger partial charge on any atom is 0.139 e. The van der Waals surface area contributed by atoms with Gasteiger partial charge in [-0.25, -0.2) is 4.98 Å². The average Bonchev–Trinajstić information content (AvgIpc) is 1.99. The van der Waals surface area contributed by atoms with Gasteiger partial charge in [-0.2, -0.15) is 5.26 Å². The molecule has 0 aromatic carbocycles. The van der Waals surface area contributed by atoms with Crippen LogP contribution >= 0.6 is 31.9 Å². The van der Waals surface area contributed by atoms with E-state index in [2.05, 4.69) is 36.8 Å². The van der Waals surface area contributed by atoms with Crippen molar-refractivity contribution in [3.63, 3.8) is 0 Å². The van der Waals surface area contributed by atoms with Gasteiger partial charge in [0.2, 0.25) is 0 Å². The molecular weight excluding hydrogens is 274 g/mol. The van der Waals surface area contributed by atoms with Crippen molar-refractivity contribution in [3.8, 4) is 6.07 Å². The summed E-state index contributed by atoms with van der Waals surface area (Å²) in [7, 11) is 0. The summed E-state index contributed by atoms with van der Waals surface area (Å²) in [5, 5.41) is 8.63. The molecule has 0 radical (unpaired) electrons. The number of hydrogen-bond acceptors (Lipinski definition) is 3. The van der Waals surface area contributed by atoms with Crippen molar-refractivity contribution in [1.29, 1.82) is 5.26 Å². The Morgan fingerprint density at radius 3 is 2.64 bits per heavy atom. The fraction of sp³-hybridized carbons (Fsp3) is 0. The maximum atomic E-state index is 8.63. The van der Waals surface area contributed by atoms with Gasteiger partial charge in [0.1, 0.15) is 11.9 Å². The molecule has 0 aliphatic rings. The van der Waals surface area contributed by atoms with Gasteiger partial charge in [0.05, 0.1) is 14.5 Å². The molecule has 2 N–H and O–H groups in total. The second-order valence-corrected chi connectivity index (χ2v) is 3.44. The molecule has 1 aromatic rings. The number of nitriles is 1. The Morgan fingerprint density at radius 1 is 1.55 bits per heavy atom. The Balaban J connectivity index is 3.44. The summed E-state index contributed by atoms with van der Waals surface area (Å²) >= 11 is 6.32. The van der Waals surface area contributed by atoms with Crippen LogP contribution in [0.15, 0.2) is 15.1 Å². The maximum absolute atomic E-state index is 8.63. The van der Waals surface area contributed by atoms with Crippen LogP contribution in [-0.4, -0.2) is 4.98 Å². The summed E-state index contributed by atoms with van der Waals surface area (Å²) in [4.78, 5) is 3.82. The Labute approximate surface area is 80.5 Å². The molecule has 0 atom stereocenters. The number of halogens is 2. The monoisotopic (exact) mass is 275 g/mol. The summed E-state index contributed by atoms with van der Waals surface area (Å²) in [6.45, 7) is 0. The van der Waals surface area contributed by atoms with Gasteiger partial charge in [0.15, 0.2) is 0 Å². The van der Waals surface area contributed by atoms with Crippen molar-refractivity contribution in [3.05, 3.63) is 20.7 Å². The highest BCUT2D eigenvalue weighted by atomic mass is 79.9. The van der Waals surface area contributed by atoms with Crippen LogP contribution in [0.3, 0.4) is 0 Å². The largest absolute Gasteiger partial charge is 0.383 e. The number of rotatable bonds is 0. The first-order chi connectivity index (χ1) is 5.16. The Morgan fingerprint density at radius 2 is 2.18 bits per heavy atom. The van der Waals surface area contributed by atoms with E-state index in [1.807, 2.05) is 6.07 Å². The van der Waals surface area contributed by atoms with Crippen LogP contribution in [0.1, 0.15) is 5.56 Å². The Kier molecular flexibility index (Phi) is 2.47. The third-order valence-corrected chi connectivity index (χ3v) is 2.52. The molecule has 0 unspecified atom stereocenters. The number of pyridine rings is 1. The molecule has 1 heterocycles. The molecule has 0 bridgehead atoms. The van der Waals surface area contributed by atoms with E-state index in [1.54, 1.807) is 0 Å². The molecule has 3 nitrogen and oxygen atoms in total. The van der Waals surface area contributed by atoms with E-state index >= 15 is 0 Å². The molecule has 0 aliphatic heterocycles. The molecule has 0 spiro atoms. The third-order valence-electron chi connectivity index (χ3n) is 1.11. The fourth-order valence-electron chi connectivity index (χ4n) is 0.583. The fourth-order valence-corrected chi connectivity index (χ4v) is 1.64. The van der Waals surface area contributed by atoms with Gasteiger partial charge in [-0.1, -0.05) is 0 Å². The van der Waals surface area contributed by atoms with Crippen molar-refractivity contribution in [2.24, 2.45) is 0 Å². The van der Waals surface area contributed by atoms with Gasteiger partial charge < -0.3 is 5.73 Å². The van der Waals surface area contributed by atoms with Gasteiger partial charge in [-0.3, -0.25) is 0 Å². The smallest absolute Gasteiger partial charge is 0.139 e. The molecule has 1 aromatic heterocycles. The van der Waals surface area contributed by atoms with Crippen LogP contribution < -0.4 is 5.73 Å². The number of aromatic nitrogens is 1. The molecule has 0 aliphatic carbocycles. The molecule has 0 saturated heterocycles. The van der Waals surface area contributed by atoms with E-state index < -0.39 is 0 Å². The normalized spacial score (nSPS) is 9.18. The predicted molar refractivity (Wildman–Crippen MR) is 48.8 cm³/mol. The van der Waals surface area contributed by atoms with E-state index in [0.717, 1.165) is 0 Å². The molecule has 5 heteroatoms. The van der Waals surface area contributed by atoms with Crippen LogP contribution in [0, 0.1) is 11.3 Å². The zero-order chi connectivity index (χ0) is 8.43. The van der Waals surface area contributed by atoms with Gasteiger partial charge in [-0.15, -0.1) is 0 Å². The quantitative estimate of drug-likeness (QED) is 0.789. The lowest BCUT2D eigenvalue weighted by Crippen LogP contribution is -1.94. The molecule has 1 rings (SSSR count). The van der Waals surface area contributed by atoms with E-state index in [4.69, 9.17) is 11.0 Å². The summed E-state index contributed by atoms with van der Waals surface area (Å²) in [6.07, 6.45) is 1.50. The van der Waals surface area contributed by atoms with Crippen molar-refractivity contribution < 1.29 is 0 Å². The molecule has 0 fully saturated rings. The van der Waals surface area contributed by atoms with Crippen molar-refractivity contribution in [2.75, 3.05) is 5.73 Å². The van der Waals surface area contributed by atoms with E-state index in [9.17, 15) is 0 Å². The highest BCUT2D eigenvalue weighted by molar-refractivity contribution is 9.11. The number of hydrogen-bond donors (Lipinski definition) is 1. The molecular formula is C6H3Br2N3. The number of nitrogens with two attached hydrogens (primary N) is 1. The SMILES string of the molecule is N#Cc1c(Br)cnc(N)c1Br. The summed E-state index contributed by atoms with van der Waals surface area (Å²) in [5.41, 5.74) is 5.91. The van der Waals surface area contributed by atoms with Gasteiger partial charge in [0, 0.05) is 6.20 Å². The first-order valence-electron chi connectivity index (χ1n) is 2.66. The minimum atomic E-state index is 0.324. The Hall–Kier alpha value is -0.600. The van der Waals surface area contributed by atoms with Crippen LogP contribution in [-0.2, 0) is 0 Å². The molecule has 0 amide bonds. The number of nitrogen functional groups attached to an aromatic ring is 1. The lowest BCUT2D eigenvalue weighted by Gasteiger charge is -1.99. The van der Waals surface area contributed by atoms with Gasteiger partial charge >= 0.3 is 0 Å².